The van der Waals surface area contributed by atoms with Gasteiger partial charge in [0.15, 0.2) is 0 Å². The van der Waals surface area contributed by atoms with Crippen LogP contribution in [0.4, 0.5) is 0 Å². The van der Waals surface area contributed by atoms with Crippen molar-refractivity contribution in [2.24, 2.45) is 0 Å². The molecule has 1 radical (unpaired) electrons. The Kier molecular flexibility index (Phi) is 5.86. The van der Waals surface area contributed by atoms with E-state index < -0.39 is 24.4 Å². The van der Waals surface area contributed by atoms with E-state index in [0.717, 1.165) is 0 Å². The average molecular weight is 195 g/mol. The third-order valence-corrected chi connectivity index (χ3v) is 1.89. The predicted molar refractivity (Wildman–Crippen MR) is 46.8 cm³/mol. The van der Waals surface area contributed by atoms with Crippen LogP contribution in [0, 0.1) is 0 Å². The van der Waals surface area contributed by atoms with Crippen LogP contribution in [0.5, 0.6) is 0 Å². The van der Waals surface area contributed by atoms with E-state index >= 15 is 0 Å². The Morgan fingerprint density at radius 2 is 1.58 bits per heavy atom. The first-order chi connectivity index (χ1) is 5.50. The largest absolute Gasteiger partial charge is 0.391 e. The van der Waals surface area contributed by atoms with E-state index in [1.54, 1.807) is 0 Å². The standard InChI is InChI=1S/C7H15O4S/c1-4(8)6(10)7(11)5(9)2-3-12/h4-11H,2-3H2,1H3. The summed E-state index contributed by atoms with van der Waals surface area (Å²) in [7, 11) is 0. The fraction of sp³-hybridized carbons (Fsp3) is 1.00. The van der Waals surface area contributed by atoms with Crippen LogP contribution >= 0.6 is 12.6 Å². The van der Waals surface area contributed by atoms with Gasteiger partial charge in [-0.15, -0.1) is 0 Å². The zero-order chi connectivity index (χ0) is 9.72. The molecule has 0 spiro atoms. The van der Waals surface area contributed by atoms with Gasteiger partial charge in [-0.25, -0.2) is 0 Å². The van der Waals surface area contributed by atoms with Crippen LogP contribution in [0.3, 0.4) is 0 Å². The van der Waals surface area contributed by atoms with Gasteiger partial charge in [0, 0.05) is 5.75 Å². The molecule has 0 aliphatic carbocycles. The molecule has 0 aromatic carbocycles. The van der Waals surface area contributed by atoms with Gasteiger partial charge >= 0.3 is 0 Å². The highest BCUT2D eigenvalue weighted by molar-refractivity contribution is 7.80. The van der Waals surface area contributed by atoms with Crippen molar-refractivity contribution in [2.75, 3.05) is 5.75 Å². The van der Waals surface area contributed by atoms with Crippen LogP contribution < -0.4 is 0 Å². The van der Waals surface area contributed by atoms with E-state index in [9.17, 15) is 5.11 Å². The monoisotopic (exact) mass is 195 g/mol. The van der Waals surface area contributed by atoms with Crippen LogP contribution in [0.15, 0.2) is 0 Å². The molecule has 0 saturated heterocycles. The zero-order valence-corrected chi connectivity index (χ0v) is 7.74. The van der Waals surface area contributed by atoms with Crippen LogP contribution in [-0.2, 0) is 0 Å². The van der Waals surface area contributed by atoms with Crippen molar-refractivity contribution >= 4 is 12.6 Å². The van der Waals surface area contributed by atoms with Gasteiger partial charge in [-0.3, -0.25) is 0 Å². The third kappa shape index (κ3) is 3.73. The molecule has 4 unspecified atom stereocenters. The number of aliphatic hydroxyl groups excluding tert-OH is 4. The van der Waals surface area contributed by atoms with Gasteiger partial charge in [-0.05, 0) is 13.3 Å². The summed E-state index contributed by atoms with van der Waals surface area (Å²) in [4.78, 5) is 0. The van der Waals surface area contributed by atoms with Gasteiger partial charge in [0.05, 0.1) is 12.2 Å². The molecule has 0 aliphatic rings. The van der Waals surface area contributed by atoms with Crippen molar-refractivity contribution in [3.8, 4) is 0 Å². The van der Waals surface area contributed by atoms with E-state index in [1.807, 2.05) is 0 Å². The molecular weight excluding hydrogens is 180 g/mol. The van der Waals surface area contributed by atoms with Gasteiger partial charge in [-0.2, -0.15) is 0 Å². The summed E-state index contributed by atoms with van der Waals surface area (Å²) in [6.45, 7) is 1.34. The van der Waals surface area contributed by atoms with E-state index in [-0.39, 0.29) is 6.42 Å². The Bertz CT molecular complexity index is 120. The van der Waals surface area contributed by atoms with Crippen molar-refractivity contribution in [1.82, 2.24) is 0 Å². The first kappa shape index (κ1) is 12.2. The summed E-state index contributed by atoms with van der Waals surface area (Å²) in [6, 6.07) is 0. The average Bonchev–Trinajstić information content (AvgIpc) is 2.02. The highest BCUT2D eigenvalue weighted by Gasteiger charge is 2.27. The van der Waals surface area contributed by atoms with Crippen LogP contribution in [0.2, 0.25) is 0 Å². The van der Waals surface area contributed by atoms with E-state index in [4.69, 9.17) is 15.3 Å². The SMILES string of the molecule is CC(O)C(O)C(O)C(O)CC[S]. The third-order valence-electron chi connectivity index (χ3n) is 1.65. The highest BCUT2D eigenvalue weighted by atomic mass is 32.1. The molecule has 0 rings (SSSR count). The minimum Gasteiger partial charge on any atom is -0.391 e. The molecule has 0 fully saturated rings. The minimum absolute atomic E-state index is 0.236. The summed E-state index contributed by atoms with van der Waals surface area (Å²) in [5.74, 6) is 0.310. The second-order valence-corrected chi connectivity index (χ2v) is 3.19. The fourth-order valence-corrected chi connectivity index (χ4v) is 1.05. The van der Waals surface area contributed by atoms with Crippen LogP contribution in [-0.4, -0.2) is 50.6 Å². The fourth-order valence-electron chi connectivity index (χ4n) is 0.804. The normalized spacial score (nSPS) is 21.5. The number of hydrogen-bond donors (Lipinski definition) is 4. The lowest BCUT2D eigenvalue weighted by Gasteiger charge is -2.24. The van der Waals surface area contributed by atoms with Gasteiger partial charge in [0.25, 0.3) is 0 Å². The first-order valence-corrected chi connectivity index (χ1v) is 4.38. The Labute approximate surface area is 77.3 Å². The summed E-state index contributed by atoms with van der Waals surface area (Å²) in [5.41, 5.74) is 0. The smallest absolute Gasteiger partial charge is 0.108 e. The van der Waals surface area contributed by atoms with Gasteiger partial charge < -0.3 is 20.4 Å². The number of hydrogen-bond acceptors (Lipinski definition) is 4. The van der Waals surface area contributed by atoms with Gasteiger partial charge in [0.2, 0.25) is 0 Å². The molecule has 73 valence electrons. The molecule has 5 heteroatoms. The Morgan fingerprint density at radius 1 is 1.08 bits per heavy atom. The molecular formula is C7H15O4S. The predicted octanol–water partition coefficient (Wildman–Crippen LogP) is -0.963. The topological polar surface area (TPSA) is 80.9 Å². The molecule has 0 saturated carbocycles. The first-order valence-electron chi connectivity index (χ1n) is 3.81. The van der Waals surface area contributed by atoms with Crippen molar-refractivity contribution in [2.45, 2.75) is 37.8 Å². The van der Waals surface area contributed by atoms with Crippen molar-refractivity contribution in [3.63, 3.8) is 0 Å². The molecule has 4 N–H and O–H groups in total. The van der Waals surface area contributed by atoms with Gasteiger partial charge in [-0.1, -0.05) is 12.6 Å². The number of aliphatic hydroxyl groups is 4. The van der Waals surface area contributed by atoms with Crippen LogP contribution in [0.25, 0.3) is 0 Å². The second-order valence-electron chi connectivity index (χ2n) is 2.78. The molecule has 0 aromatic heterocycles. The molecule has 0 heterocycles. The molecule has 12 heavy (non-hydrogen) atoms. The van der Waals surface area contributed by atoms with Crippen LogP contribution in [0.1, 0.15) is 13.3 Å². The summed E-state index contributed by atoms with van der Waals surface area (Å²) in [6.07, 6.45) is -4.53. The highest BCUT2D eigenvalue weighted by Crippen LogP contribution is 2.07. The Morgan fingerprint density at radius 3 is 1.92 bits per heavy atom. The maximum atomic E-state index is 9.18. The molecule has 0 amide bonds. The maximum Gasteiger partial charge on any atom is 0.108 e. The zero-order valence-electron chi connectivity index (χ0n) is 6.92. The van der Waals surface area contributed by atoms with E-state index in [2.05, 4.69) is 12.6 Å². The minimum atomic E-state index is -1.33. The summed E-state index contributed by atoms with van der Waals surface area (Å²) >= 11 is 4.58. The Balaban J connectivity index is 3.90. The lowest BCUT2D eigenvalue weighted by molar-refractivity contribution is -0.0998. The van der Waals surface area contributed by atoms with Crippen molar-refractivity contribution in [3.05, 3.63) is 0 Å². The molecule has 4 atom stereocenters. The van der Waals surface area contributed by atoms with Crippen molar-refractivity contribution in [1.29, 1.82) is 0 Å². The van der Waals surface area contributed by atoms with E-state index in [0.29, 0.717) is 5.75 Å². The second kappa shape index (κ2) is 5.77. The summed E-state index contributed by atoms with van der Waals surface area (Å²) < 4.78 is 0. The number of rotatable bonds is 5. The van der Waals surface area contributed by atoms with E-state index in [1.165, 1.54) is 6.92 Å². The lowest BCUT2D eigenvalue weighted by atomic mass is 10.0. The lowest BCUT2D eigenvalue weighted by Crippen LogP contribution is -2.43. The molecule has 0 aliphatic heterocycles. The Hall–Kier alpha value is 0.190. The van der Waals surface area contributed by atoms with Gasteiger partial charge in [0.1, 0.15) is 12.2 Å². The molecule has 0 bridgehead atoms. The molecule has 0 aromatic rings. The quantitative estimate of drug-likeness (QED) is 0.455. The molecule has 4 nitrogen and oxygen atoms in total. The van der Waals surface area contributed by atoms with Crippen molar-refractivity contribution < 1.29 is 20.4 Å². The maximum absolute atomic E-state index is 9.18. The summed E-state index contributed by atoms with van der Waals surface area (Å²) in [5, 5.41) is 36.3.